The van der Waals surface area contributed by atoms with Crippen molar-refractivity contribution < 1.29 is 43.0 Å². The highest BCUT2D eigenvalue weighted by Crippen LogP contribution is 2.16. The molecule has 11 heteroatoms. The lowest BCUT2D eigenvalue weighted by Crippen LogP contribution is -2.40. The summed E-state index contributed by atoms with van der Waals surface area (Å²) in [5, 5.41) is 33.1. The van der Waals surface area contributed by atoms with Crippen molar-refractivity contribution in [3.63, 3.8) is 0 Å². The van der Waals surface area contributed by atoms with Crippen LogP contribution in [0.4, 0.5) is 0 Å². The van der Waals surface area contributed by atoms with Gasteiger partial charge in [-0.1, -0.05) is 98.3 Å². The van der Waals surface area contributed by atoms with Gasteiger partial charge in [0.15, 0.2) is 5.25 Å². The zero-order valence-corrected chi connectivity index (χ0v) is 25.6. The highest BCUT2D eigenvalue weighted by atomic mass is 32.2. The van der Waals surface area contributed by atoms with Crippen molar-refractivity contribution in [3.8, 4) is 0 Å². The third-order valence-corrected chi connectivity index (χ3v) is 7.74. The molecule has 0 aromatic heterocycles. The lowest BCUT2D eigenvalue weighted by molar-refractivity contribution is -0.143. The minimum atomic E-state index is -4.84. The number of hydrogen-bond donors (Lipinski definition) is 5. The third kappa shape index (κ3) is 25.4. The normalized spacial score (nSPS) is 13.4. The van der Waals surface area contributed by atoms with Gasteiger partial charge in [0.05, 0.1) is 19.6 Å². The number of nitrogens with zero attached hydrogens (tertiary/aromatic N) is 1. The van der Waals surface area contributed by atoms with E-state index < -0.39 is 33.7 Å². The standard InChI is InChI=1S/C24H51NO2.C4H6O7S/c1-22(2)15-11-7-5-9-13-17-24(21-27)25(19-20-26)18-14-10-6-8-12-16-23(3)4;5-3(6)1-2(4(7)8)12(9,10)11/h22-24,26-27H,5-21H2,1-4H3;2H,1H2,(H,5,6)(H,7,8)(H,9,10,11). The van der Waals surface area contributed by atoms with Gasteiger partial charge in [0.1, 0.15) is 0 Å². The summed E-state index contributed by atoms with van der Waals surface area (Å²) in [5.74, 6) is -1.85. The van der Waals surface area contributed by atoms with Gasteiger partial charge in [-0.15, -0.1) is 0 Å². The van der Waals surface area contributed by atoms with Crippen molar-refractivity contribution in [2.45, 2.75) is 129 Å². The number of aliphatic hydroxyl groups is 2. The molecule has 5 N–H and O–H groups in total. The molecule has 0 heterocycles. The zero-order valence-electron chi connectivity index (χ0n) is 24.8. The summed E-state index contributed by atoms with van der Waals surface area (Å²) in [5.41, 5.74) is 0. The Bertz CT molecular complexity index is 714. The van der Waals surface area contributed by atoms with Crippen molar-refractivity contribution in [1.29, 1.82) is 0 Å². The van der Waals surface area contributed by atoms with Crippen LogP contribution >= 0.6 is 0 Å². The molecule has 2 atom stereocenters. The molecule has 234 valence electrons. The highest BCUT2D eigenvalue weighted by Gasteiger charge is 2.33. The van der Waals surface area contributed by atoms with E-state index in [1.165, 1.54) is 77.0 Å². The Labute approximate surface area is 236 Å². The van der Waals surface area contributed by atoms with Crippen LogP contribution in [0, 0.1) is 11.8 Å². The second-order valence-electron chi connectivity index (χ2n) is 11.2. The molecule has 0 fully saturated rings. The van der Waals surface area contributed by atoms with Crippen LogP contribution in [0.2, 0.25) is 0 Å². The Hall–Kier alpha value is -1.27. The molecule has 0 saturated heterocycles. The molecule has 0 aromatic carbocycles. The summed E-state index contributed by atoms with van der Waals surface area (Å²) in [4.78, 5) is 22.3. The lowest BCUT2D eigenvalue weighted by Gasteiger charge is -2.30. The number of carboxylic acids is 2. The fourth-order valence-electron chi connectivity index (χ4n) is 4.33. The maximum absolute atomic E-state index is 10.2. The Morgan fingerprint density at radius 3 is 1.46 bits per heavy atom. The van der Waals surface area contributed by atoms with E-state index in [0.29, 0.717) is 6.54 Å². The first-order chi connectivity index (χ1) is 18.3. The molecule has 0 aromatic rings. The Balaban J connectivity index is 0. The van der Waals surface area contributed by atoms with Gasteiger partial charge in [0.25, 0.3) is 10.1 Å². The van der Waals surface area contributed by atoms with Crippen LogP contribution in [0.3, 0.4) is 0 Å². The van der Waals surface area contributed by atoms with Crippen LogP contribution in [-0.2, 0) is 19.7 Å². The SMILES string of the molecule is CC(C)CCCCCCCC(CO)N(CCO)CCCCCCCC(C)C.O=C(O)CC(C(=O)O)S(=O)(=O)O. The maximum atomic E-state index is 10.2. The summed E-state index contributed by atoms with van der Waals surface area (Å²) in [6.07, 6.45) is 15.6. The molecule has 0 radical (unpaired) electrons. The third-order valence-electron chi connectivity index (χ3n) is 6.65. The molecule has 0 bridgehead atoms. The molecule has 0 aliphatic carbocycles. The van der Waals surface area contributed by atoms with Crippen LogP contribution < -0.4 is 0 Å². The van der Waals surface area contributed by atoms with Crippen molar-refractivity contribution in [1.82, 2.24) is 4.90 Å². The van der Waals surface area contributed by atoms with E-state index in [2.05, 4.69) is 32.6 Å². The number of carboxylic acid groups (broad SMARTS) is 2. The summed E-state index contributed by atoms with van der Waals surface area (Å²) in [6, 6.07) is 0.230. The van der Waals surface area contributed by atoms with Crippen molar-refractivity contribution in [2.75, 3.05) is 26.3 Å². The van der Waals surface area contributed by atoms with Gasteiger partial charge in [0.2, 0.25) is 0 Å². The molecule has 2 unspecified atom stereocenters. The first kappa shape index (κ1) is 39.9. The van der Waals surface area contributed by atoms with E-state index >= 15 is 0 Å². The van der Waals surface area contributed by atoms with E-state index in [9.17, 15) is 28.2 Å². The predicted molar refractivity (Wildman–Crippen MR) is 154 cm³/mol. The molecule has 0 saturated carbocycles. The zero-order chi connectivity index (χ0) is 30.3. The number of unbranched alkanes of at least 4 members (excludes halogenated alkanes) is 8. The second-order valence-corrected chi connectivity index (χ2v) is 12.8. The van der Waals surface area contributed by atoms with Crippen LogP contribution in [0.25, 0.3) is 0 Å². The Morgan fingerprint density at radius 2 is 1.13 bits per heavy atom. The van der Waals surface area contributed by atoms with Gasteiger partial charge in [0, 0.05) is 12.6 Å². The van der Waals surface area contributed by atoms with Crippen LogP contribution in [-0.4, -0.2) is 87.8 Å². The number of carbonyl (C=O) groups is 2. The van der Waals surface area contributed by atoms with E-state index in [1.54, 1.807) is 0 Å². The molecule has 0 aliphatic heterocycles. The fourth-order valence-corrected chi connectivity index (χ4v) is 4.94. The fraction of sp³-hybridized carbons (Fsp3) is 0.929. The smallest absolute Gasteiger partial charge is 0.325 e. The number of aliphatic hydroxyl groups excluding tert-OH is 2. The molecular formula is C28H57NO9S. The summed E-state index contributed by atoms with van der Waals surface area (Å²) in [7, 11) is -4.84. The van der Waals surface area contributed by atoms with E-state index in [0.717, 1.165) is 24.8 Å². The van der Waals surface area contributed by atoms with Crippen molar-refractivity contribution in [3.05, 3.63) is 0 Å². The highest BCUT2D eigenvalue weighted by molar-refractivity contribution is 7.87. The van der Waals surface area contributed by atoms with Gasteiger partial charge in [-0.05, 0) is 31.2 Å². The number of aliphatic carboxylic acids is 2. The van der Waals surface area contributed by atoms with Gasteiger partial charge in [-0.3, -0.25) is 19.0 Å². The van der Waals surface area contributed by atoms with Gasteiger partial charge >= 0.3 is 11.9 Å². The average Bonchev–Trinajstić information content (AvgIpc) is 2.82. The molecule has 0 amide bonds. The molecule has 0 rings (SSSR count). The Kier molecular flexibility index (Phi) is 25.1. The van der Waals surface area contributed by atoms with Gasteiger partial charge < -0.3 is 20.4 Å². The maximum Gasteiger partial charge on any atom is 0.325 e. The Morgan fingerprint density at radius 1 is 0.692 bits per heavy atom. The molecule has 10 nitrogen and oxygen atoms in total. The first-order valence-corrected chi connectivity index (χ1v) is 16.1. The summed E-state index contributed by atoms with van der Waals surface area (Å²) < 4.78 is 28.7. The van der Waals surface area contributed by atoms with Gasteiger partial charge in [-0.2, -0.15) is 8.42 Å². The largest absolute Gasteiger partial charge is 0.481 e. The molecule has 39 heavy (non-hydrogen) atoms. The number of hydrogen-bond acceptors (Lipinski definition) is 7. The average molecular weight is 584 g/mol. The quantitative estimate of drug-likeness (QED) is 0.0782. The molecular weight excluding hydrogens is 526 g/mol. The lowest BCUT2D eigenvalue weighted by atomic mass is 10.0. The first-order valence-electron chi connectivity index (χ1n) is 14.6. The van der Waals surface area contributed by atoms with Crippen LogP contribution in [0.1, 0.15) is 118 Å². The summed E-state index contributed by atoms with van der Waals surface area (Å²) in [6.45, 7) is 11.3. The predicted octanol–water partition coefficient (Wildman–Crippen LogP) is 4.83. The number of rotatable bonds is 24. The summed E-state index contributed by atoms with van der Waals surface area (Å²) >= 11 is 0. The molecule has 0 aliphatic rings. The van der Waals surface area contributed by atoms with E-state index in [-0.39, 0.29) is 19.3 Å². The second kappa shape index (κ2) is 24.5. The topological polar surface area (TPSA) is 173 Å². The van der Waals surface area contributed by atoms with Crippen LogP contribution in [0.5, 0.6) is 0 Å². The minimum absolute atomic E-state index is 0.195. The van der Waals surface area contributed by atoms with E-state index in [4.69, 9.17) is 14.8 Å². The van der Waals surface area contributed by atoms with Crippen molar-refractivity contribution in [2.24, 2.45) is 11.8 Å². The minimum Gasteiger partial charge on any atom is -0.481 e. The van der Waals surface area contributed by atoms with Crippen molar-refractivity contribution >= 4 is 22.1 Å². The van der Waals surface area contributed by atoms with Gasteiger partial charge in [-0.25, -0.2) is 0 Å². The van der Waals surface area contributed by atoms with Crippen LogP contribution in [0.15, 0.2) is 0 Å². The van der Waals surface area contributed by atoms with E-state index in [1.807, 2.05) is 0 Å². The molecule has 0 spiro atoms. The monoisotopic (exact) mass is 583 g/mol.